The maximum atomic E-state index is 12.6. The number of anilines is 2. The molecule has 160 valence electrons. The average Bonchev–Trinajstić information content (AvgIpc) is 3.27. The summed E-state index contributed by atoms with van der Waals surface area (Å²) >= 11 is 4.87. The van der Waals surface area contributed by atoms with Gasteiger partial charge in [0.25, 0.3) is 0 Å². The lowest BCUT2D eigenvalue weighted by atomic mass is 10.0. The number of amides is 1. The summed E-state index contributed by atoms with van der Waals surface area (Å²) < 4.78 is 0. The van der Waals surface area contributed by atoms with Crippen molar-refractivity contribution in [2.75, 3.05) is 4.90 Å². The molecular weight excluding hydrogens is 444 g/mol. The molecule has 0 aliphatic carbocycles. The van der Waals surface area contributed by atoms with E-state index in [0.29, 0.717) is 10.9 Å². The van der Waals surface area contributed by atoms with Gasteiger partial charge in [0, 0.05) is 28.3 Å². The minimum absolute atomic E-state index is 0.0366. The Bertz CT molecular complexity index is 1270. The van der Waals surface area contributed by atoms with Crippen LogP contribution in [0.3, 0.4) is 0 Å². The molecule has 0 N–H and O–H groups in total. The molecule has 4 aromatic rings. The molecule has 3 aromatic heterocycles. The largest absolute Gasteiger partial charge is 0.274 e. The summed E-state index contributed by atoms with van der Waals surface area (Å²) in [6.45, 7) is 12.0. The summed E-state index contributed by atoms with van der Waals surface area (Å²) in [5, 5.41) is 4.85. The van der Waals surface area contributed by atoms with Crippen molar-refractivity contribution >= 4 is 61.4 Å². The molecule has 0 fully saturated rings. The van der Waals surface area contributed by atoms with Crippen molar-refractivity contribution < 1.29 is 4.79 Å². The zero-order chi connectivity index (χ0) is 22.3. The van der Waals surface area contributed by atoms with Gasteiger partial charge in [0.2, 0.25) is 5.91 Å². The lowest BCUT2D eigenvalue weighted by molar-refractivity contribution is -0.115. The lowest BCUT2D eigenvalue weighted by Crippen LogP contribution is -2.24. The molecular formula is C23H24N4OS3. The highest BCUT2D eigenvalue weighted by Crippen LogP contribution is 2.38. The number of thiazole rings is 1. The van der Waals surface area contributed by atoms with Gasteiger partial charge in [-0.1, -0.05) is 29.5 Å². The van der Waals surface area contributed by atoms with E-state index in [1.807, 2.05) is 19.2 Å². The Balaban J connectivity index is 1.62. The fourth-order valence-corrected chi connectivity index (χ4v) is 6.77. The minimum Gasteiger partial charge on any atom is -0.274 e. The van der Waals surface area contributed by atoms with Crippen LogP contribution in [0.5, 0.6) is 0 Å². The fourth-order valence-electron chi connectivity index (χ4n) is 3.78. The molecule has 1 aromatic carbocycles. The summed E-state index contributed by atoms with van der Waals surface area (Å²) in [6.07, 6.45) is 1.63. The van der Waals surface area contributed by atoms with Gasteiger partial charge in [0.1, 0.15) is 16.2 Å². The van der Waals surface area contributed by atoms with Gasteiger partial charge in [0.05, 0.1) is 11.4 Å². The molecule has 0 spiro atoms. The Morgan fingerprint density at radius 3 is 2.48 bits per heavy atom. The fraction of sp³-hybridized carbons (Fsp3) is 0.304. The number of aromatic nitrogens is 3. The highest BCUT2D eigenvalue weighted by molar-refractivity contribution is 7.98. The topological polar surface area (TPSA) is 59.0 Å². The summed E-state index contributed by atoms with van der Waals surface area (Å²) in [6, 6.07) is 4.21. The second-order valence-corrected chi connectivity index (χ2v) is 10.7. The number of rotatable bonds is 5. The molecule has 0 aliphatic rings. The van der Waals surface area contributed by atoms with E-state index in [-0.39, 0.29) is 5.91 Å². The molecule has 1 amide bonds. The van der Waals surface area contributed by atoms with E-state index in [4.69, 9.17) is 4.98 Å². The summed E-state index contributed by atoms with van der Waals surface area (Å²) in [7, 11) is 0. The third-order valence-corrected chi connectivity index (χ3v) is 8.21. The van der Waals surface area contributed by atoms with Gasteiger partial charge in [-0.15, -0.1) is 22.7 Å². The van der Waals surface area contributed by atoms with Gasteiger partial charge in [-0.25, -0.2) is 15.0 Å². The third kappa shape index (κ3) is 4.24. The molecule has 0 radical (unpaired) electrons. The molecule has 0 unspecified atom stereocenters. The molecule has 0 bridgehead atoms. The standard InChI is InChI=1S/C23H24N4OS3/c1-12-7-13(2)20(14(3)8-12)27(17(6)28)23-26-18(10-30-23)9-29-21-19-15(4)16(5)31-22(19)25-11-24-21/h7-8,10-11H,9H2,1-6H3. The number of hydrogen-bond acceptors (Lipinski definition) is 7. The van der Waals surface area contributed by atoms with Crippen molar-refractivity contribution in [3.8, 4) is 0 Å². The quantitative estimate of drug-likeness (QED) is 0.242. The van der Waals surface area contributed by atoms with Crippen LogP contribution >= 0.6 is 34.4 Å². The van der Waals surface area contributed by atoms with E-state index in [2.05, 4.69) is 42.9 Å². The molecule has 0 atom stereocenters. The van der Waals surface area contributed by atoms with E-state index in [0.717, 1.165) is 37.8 Å². The monoisotopic (exact) mass is 468 g/mol. The molecule has 31 heavy (non-hydrogen) atoms. The smallest absolute Gasteiger partial charge is 0.230 e. The molecule has 0 saturated carbocycles. The molecule has 8 heteroatoms. The number of thioether (sulfide) groups is 1. The van der Waals surface area contributed by atoms with Crippen LogP contribution in [0.15, 0.2) is 28.9 Å². The van der Waals surface area contributed by atoms with Gasteiger partial charge in [-0.05, 0) is 51.3 Å². The van der Waals surface area contributed by atoms with Crippen LogP contribution in [0, 0.1) is 34.6 Å². The van der Waals surface area contributed by atoms with E-state index in [1.54, 1.807) is 41.2 Å². The summed E-state index contributed by atoms with van der Waals surface area (Å²) in [5.41, 5.74) is 6.45. The van der Waals surface area contributed by atoms with E-state index >= 15 is 0 Å². The first-order valence-corrected chi connectivity index (χ1v) is 12.6. The highest BCUT2D eigenvalue weighted by Gasteiger charge is 2.22. The number of hydrogen-bond donors (Lipinski definition) is 0. The van der Waals surface area contributed by atoms with Crippen LogP contribution in [0.2, 0.25) is 0 Å². The van der Waals surface area contributed by atoms with Crippen molar-refractivity contribution in [3.05, 3.63) is 56.7 Å². The second-order valence-electron chi connectivity index (χ2n) is 7.65. The number of carbonyl (C=O) groups is 1. The Morgan fingerprint density at radius 2 is 1.81 bits per heavy atom. The maximum absolute atomic E-state index is 12.6. The van der Waals surface area contributed by atoms with Gasteiger partial charge in [-0.3, -0.25) is 9.69 Å². The number of nitrogens with zero attached hydrogens (tertiary/aromatic N) is 4. The summed E-state index contributed by atoms with van der Waals surface area (Å²) in [4.78, 5) is 30.3. The van der Waals surface area contributed by atoms with Crippen molar-refractivity contribution in [3.63, 3.8) is 0 Å². The predicted octanol–water partition coefficient (Wildman–Crippen LogP) is 6.67. The van der Waals surface area contributed by atoms with E-state index in [1.165, 1.54) is 27.3 Å². The van der Waals surface area contributed by atoms with Crippen LogP contribution in [-0.2, 0) is 10.5 Å². The first-order chi connectivity index (χ1) is 14.8. The zero-order valence-electron chi connectivity index (χ0n) is 18.4. The van der Waals surface area contributed by atoms with Crippen LogP contribution in [0.25, 0.3) is 10.2 Å². The van der Waals surface area contributed by atoms with Crippen LogP contribution in [-0.4, -0.2) is 20.9 Å². The predicted molar refractivity (Wildman–Crippen MR) is 132 cm³/mol. The molecule has 4 rings (SSSR count). The molecule has 0 aliphatic heterocycles. The van der Waals surface area contributed by atoms with Gasteiger partial charge >= 0.3 is 0 Å². The molecule has 0 saturated heterocycles. The van der Waals surface area contributed by atoms with Crippen LogP contribution in [0.1, 0.15) is 39.7 Å². The van der Waals surface area contributed by atoms with E-state index < -0.39 is 0 Å². The number of thiophene rings is 1. The minimum atomic E-state index is -0.0366. The van der Waals surface area contributed by atoms with Gasteiger partial charge in [0.15, 0.2) is 5.13 Å². The van der Waals surface area contributed by atoms with Crippen molar-refractivity contribution in [2.45, 2.75) is 52.3 Å². The Labute approximate surface area is 194 Å². The number of fused-ring (bicyclic) bond motifs is 1. The Kier molecular flexibility index (Phi) is 6.14. The molecule has 5 nitrogen and oxygen atoms in total. The third-order valence-electron chi connectivity index (χ3n) is 5.19. The number of carbonyl (C=O) groups excluding carboxylic acids is 1. The number of aryl methyl sites for hydroxylation is 5. The van der Waals surface area contributed by atoms with E-state index in [9.17, 15) is 4.79 Å². The van der Waals surface area contributed by atoms with Crippen molar-refractivity contribution in [2.24, 2.45) is 0 Å². The highest BCUT2D eigenvalue weighted by atomic mass is 32.2. The lowest BCUT2D eigenvalue weighted by Gasteiger charge is -2.23. The first kappa shape index (κ1) is 21.9. The maximum Gasteiger partial charge on any atom is 0.230 e. The van der Waals surface area contributed by atoms with Crippen LogP contribution < -0.4 is 4.90 Å². The molecule has 3 heterocycles. The number of benzene rings is 1. The first-order valence-electron chi connectivity index (χ1n) is 9.92. The Hall–Kier alpha value is -2.29. The van der Waals surface area contributed by atoms with Crippen molar-refractivity contribution in [1.82, 2.24) is 15.0 Å². The second kappa shape index (κ2) is 8.68. The van der Waals surface area contributed by atoms with Crippen molar-refractivity contribution in [1.29, 1.82) is 0 Å². The van der Waals surface area contributed by atoms with Gasteiger partial charge in [-0.2, -0.15) is 0 Å². The summed E-state index contributed by atoms with van der Waals surface area (Å²) in [5.74, 6) is 0.652. The zero-order valence-corrected chi connectivity index (χ0v) is 20.9. The van der Waals surface area contributed by atoms with Crippen LogP contribution in [0.4, 0.5) is 10.8 Å². The SMILES string of the molecule is CC(=O)N(c1nc(CSc2ncnc3sc(C)c(C)c23)cs1)c1c(C)cc(C)cc1C. The normalized spacial score (nSPS) is 11.3. The van der Waals surface area contributed by atoms with Gasteiger partial charge < -0.3 is 0 Å². The Morgan fingerprint density at radius 1 is 1.10 bits per heavy atom. The average molecular weight is 469 g/mol.